The molecule has 1 fully saturated rings. The Morgan fingerprint density at radius 2 is 2.00 bits per heavy atom. The molecule has 3 nitrogen and oxygen atoms in total. The van der Waals surface area contributed by atoms with Crippen LogP contribution in [0.5, 0.6) is 11.5 Å². The van der Waals surface area contributed by atoms with E-state index in [1.807, 2.05) is 18.2 Å². The van der Waals surface area contributed by atoms with Crippen LogP contribution >= 0.6 is 0 Å². The highest BCUT2D eigenvalue weighted by molar-refractivity contribution is 5.53. The fourth-order valence-corrected chi connectivity index (χ4v) is 3.57. The number of ether oxygens (including phenoxy) is 1. The van der Waals surface area contributed by atoms with E-state index < -0.39 is 0 Å². The Kier molecular flexibility index (Phi) is 2.51. The van der Waals surface area contributed by atoms with Crippen LogP contribution in [-0.2, 0) is 5.41 Å². The minimum atomic E-state index is -0.101. The lowest BCUT2D eigenvalue weighted by Crippen LogP contribution is -2.54. The van der Waals surface area contributed by atoms with Crippen molar-refractivity contribution in [3.05, 3.63) is 59.7 Å². The molecule has 3 heteroatoms. The predicted molar refractivity (Wildman–Crippen MR) is 77.2 cm³/mol. The summed E-state index contributed by atoms with van der Waals surface area (Å²) in [4.78, 5) is 0. The first-order valence-corrected chi connectivity index (χ1v) is 7.04. The summed E-state index contributed by atoms with van der Waals surface area (Å²) >= 11 is 0. The van der Waals surface area contributed by atoms with Gasteiger partial charge in [-0.3, -0.25) is 0 Å². The molecular formula is C17H17NO2. The number of nitrogens with one attached hydrogen (secondary N) is 1. The summed E-state index contributed by atoms with van der Waals surface area (Å²) in [5.41, 5.74) is 2.27. The minimum absolute atomic E-state index is 0.101. The largest absolute Gasteiger partial charge is 0.508 e. The first kappa shape index (κ1) is 11.8. The quantitative estimate of drug-likeness (QED) is 0.834. The zero-order valence-electron chi connectivity index (χ0n) is 11.2. The van der Waals surface area contributed by atoms with Gasteiger partial charge >= 0.3 is 0 Å². The Labute approximate surface area is 118 Å². The van der Waals surface area contributed by atoms with Crippen molar-refractivity contribution in [2.45, 2.75) is 17.9 Å². The molecule has 0 saturated carbocycles. The molecule has 2 bridgehead atoms. The Bertz CT molecular complexity index is 641. The number of rotatable bonds is 1. The molecule has 0 aliphatic carbocycles. The molecule has 20 heavy (non-hydrogen) atoms. The molecule has 2 atom stereocenters. The van der Waals surface area contributed by atoms with E-state index in [0.29, 0.717) is 5.75 Å². The maximum absolute atomic E-state index is 9.87. The monoisotopic (exact) mass is 267 g/mol. The molecular weight excluding hydrogens is 250 g/mol. The van der Waals surface area contributed by atoms with Gasteiger partial charge in [-0.2, -0.15) is 0 Å². The van der Waals surface area contributed by atoms with Crippen molar-refractivity contribution in [2.75, 3.05) is 13.1 Å². The van der Waals surface area contributed by atoms with Gasteiger partial charge in [0.25, 0.3) is 0 Å². The minimum Gasteiger partial charge on any atom is -0.508 e. The molecule has 4 rings (SSSR count). The fourth-order valence-electron chi connectivity index (χ4n) is 3.57. The third-order valence-electron chi connectivity index (χ3n) is 4.47. The Hall–Kier alpha value is -2.00. The van der Waals surface area contributed by atoms with E-state index in [4.69, 9.17) is 4.74 Å². The highest BCUT2D eigenvalue weighted by atomic mass is 16.5. The van der Waals surface area contributed by atoms with Gasteiger partial charge in [-0.15, -0.1) is 0 Å². The van der Waals surface area contributed by atoms with E-state index in [9.17, 15) is 5.11 Å². The lowest BCUT2D eigenvalue weighted by Gasteiger charge is -2.47. The number of aromatic hydroxyl groups is 1. The second kappa shape index (κ2) is 4.25. The summed E-state index contributed by atoms with van der Waals surface area (Å²) in [7, 11) is 0. The lowest BCUT2D eigenvalue weighted by atomic mass is 9.67. The Balaban J connectivity index is 1.95. The molecule has 102 valence electrons. The molecule has 2 heterocycles. The van der Waals surface area contributed by atoms with E-state index in [2.05, 4.69) is 29.6 Å². The van der Waals surface area contributed by atoms with Crippen LogP contribution in [0.15, 0.2) is 48.5 Å². The van der Waals surface area contributed by atoms with Crippen molar-refractivity contribution < 1.29 is 9.84 Å². The smallest absolute Gasteiger partial charge is 0.124 e. The van der Waals surface area contributed by atoms with Gasteiger partial charge in [0.15, 0.2) is 0 Å². The van der Waals surface area contributed by atoms with E-state index in [-0.39, 0.29) is 11.5 Å². The molecule has 1 saturated heterocycles. The summed E-state index contributed by atoms with van der Waals surface area (Å²) in [6, 6.07) is 16.0. The number of benzene rings is 2. The van der Waals surface area contributed by atoms with Gasteiger partial charge in [0.05, 0.1) is 0 Å². The molecule has 2 N–H and O–H groups in total. The Morgan fingerprint density at radius 1 is 1.15 bits per heavy atom. The van der Waals surface area contributed by atoms with Gasteiger partial charge in [0, 0.05) is 30.5 Å². The van der Waals surface area contributed by atoms with Crippen molar-refractivity contribution in [1.29, 1.82) is 0 Å². The molecule has 0 radical (unpaired) electrons. The standard InChI is InChI=1S/C17H17NO2/c19-13-6-7-16-15(8-13)17(12-4-2-1-3-5-12)9-14(20-16)10-18-11-17/h1-8,14,18-19H,9-11H2. The molecule has 0 aromatic heterocycles. The predicted octanol–water partition coefficient (Wildman–Crippen LogP) is 2.43. The zero-order valence-corrected chi connectivity index (χ0v) is 11.2. The third-order valence-corrected chi connectivity index (χ3v) is 4.47. The summed E-state index contributed by atoms with van der Waals surface area (Å²) in [5.74, 6) is 1.20. The average Bonchev–Trinajstić information content (AvgIpc) is 2.49. The summed E-state index contributed by atoms with van der Waals surface area (Å²) < 4.78 is 6.03. The summed E-state index contributed by atoms with van der Waals surface area (Å²) in [6.45, 7) is 1.77. The van der Waals surface area contributed by atoms with E-state index in [1.165, 1.54) is 5.56 Å². The first-order chi connectivity index (χ1) is 9.78. The number of phenols is 1. The van der Waals surface area contributed by atoms with Gasteiger partial charge < -0.3 is 15.2 Å². The van der Waals surface area contributed by atoms with E-state index >= 15 is 0 Å². The molecule has 2 aromatic rings. The zero-order chi connectivity index (χ0) is 13.6. The average molecular weight is 267 g/mol. The fraction of sp³-hybridized carbons (Fsp3) is 0.294. The molecule has 2 unspecified atom stereocenters. The number of piperidine rings is 1. The second-order valence-electron chi connectivity index (χ2n) is 5.70. The lowest BCUT2D eigenvalue weighted by molar-refractivity contribution is 0.104. The number of fused-ring (bicyclic) bond motifs is 4. The highest BCUT2D eigenvalue weighted by Crippen LogP contribution is 2.47. The van der Waals surface area contributed by atoms with Crippen LogP contribution in [0, 0.1) is 0 Å². The van der Waals surface area contributed by atoms with Crippen LogP contribution in [0.2, 0.25) is 0 Å². The van der Waals surface area contributed by atoms with Gasteiger partial charge in [0.1, 0.15) is 17.6 Å². The first-order valence-electron chi connectivity index (χ1n) is 7.04. The van der Waals surface area contributed by atoms with Gasteiger partial charge in [-0.25, -0.2) is 0 Å². The third kappa shape index (κ3) is 1.63. The van der Waals surface area contributed by atoms with Crippen LogP contribution in [0.1, 0.15) is 17.5 Å². The van der Waals surface area contributed by atoms with Crippen LogP contribution in [0.25, 0.3) is 0 Å². The van der Waals surface area contributed by atoms with Gasteiger partial charge in [0.2, 0.25) is 0 Å². The molecule has 2 aromatic carbocycles. The number of hydrogen-bond donors (Lipinski definition) is 2. The van der Waals surface area contributed by atoms with Crippen molar-refractivity contribution in [3.8, 4) is 11.5 Å². The van der Waals surface area contributed by atoms with Crippen LogP contribution in [0.4, 0.5) is 0 Å². The van der Waals surface area contributed by atoms with Crippen molar-refractivity contribution >= 4 is 0 Å². The van der Waals surface area contributed by atoms with Crippen molar-refractivity contribution in [2.24, 2.45) is 0 Å². The summed E-state index contributed by atoms with van der Waals surface area (Å²) in [6.07, 6.45) is 1.15. The topological polar surface area (TPSA) is 41.5 Å². The van der Waals surface area contributed by atoms with E-state index in [1.54, 1.807) is 6.07 Å². The Morgan fingerprint density at radius 3 is 2.85 bits per heavy atom. The highest BCUT2D eigenvalue weighted by Gasteiger charge is 2.45. The molecule has 2 aliphatic heterocycles. The normalized spacial score (nSPS) is 27.5. The van der Waals surface area contributed by atoms with Crippen molar-refractivity contribution in [3.63, 3.8) is 0 Å². The molecule has 2 aliphatic rings. The molecule has 0 amide bonds. The van der Waals surface area contributed by atoms with Crippen molar-refractivity contribution in [1.82, 2.24) is 5.32 Å². The van der Waals surface area contributed by atoms with Crippen LogP contribution in [-0.4, -0.2) is 24.3 Å². The summed E-state index contributed by atoms with van der Waals surface area (Å²) in [5, 5.41) is 13.4. The van der Waals surface area contributed by atoms with E-state index in [0.717, 1.165) is 30.8 Å². The van der Waals surface area contributed by atoms with Crippen LogP contribution < -0.4 is 10.1 Å². The maximum Gasteiger partial charge on any atom is 0.124 e. The van der Waals surface area contributed by atoms with Gasteiger partial charge in [-0.05, 0) is 23.8 Å². The SMILES string of the molecule is Oc1ccc2c(c1)C1(c3ccccc3)CNCC(C1)O2. The maximum atomic E-state index is 9.87. The van der Waals surface area contributed by atoms with Gasteiger partial charge in [-0.1, -0.05) is 30.3 Å². The number of phenolic OH excluding ortho intramolecular Hbond substituents is 1. The second-order valence-corrected chi connectivity index (χ2v) is 5.70. The molecule has 0 spiro atoms. The van der Waals surface area contributed by atoms with Crippen LogP contribution in [0.3, 0.4) is 0 Å². The number of hydrogen-bond acceptors (Lipinski definition) is 3.